The lowest BCUT2D eigenvalue weighted by Gasteiger charge is -2.05. The smallest absolute Gasteiger partial charge is 0.140 e. The van der Waals surface area contributed by atoms with Crippen molar-refractivity contribution >= 4 is 27.5 Å². The highest BCUT2D eigenvalue weighted by atomic mass is 79.9. The molecule has 0 nitrogen and oxygen atoms in total. The Morgan fingerprint density at radius 2 is 2.07 bits per heavy atom. The summed E-state index contributed by atoms with van der Waals surface area (Å²) in [5.74, 6) is -0.430. The van der Waals surface area contributed by atoms with Gasteiger partial charge in [0, 0.05) is 16.1 Å². The van der Waals surface area contributed by atoms with Crippen molar-refractivity contribution in [1.82, 2.24) is 0 Å². The number of halogens is 3. The van der Waals surface area contributed by atoms with Crippen molar-refractivity contribution in [3.63, 3.8) is 0 Å². The van der Waals surface area contributed by atoms with Crippen LogP contribution in [-0.2, 0) is 0 Å². The molecule has 1 radical (unpaired) electrons. The third-order valence-electron chi connectivity index (χ3n) is 2.01. The van der Waals surface area contributed by atoms with Crippen LogP contribution in [0.15, 0.2) is 40.9 Å². The maximum Gasteiger partial charge on any atom is 0.140 e. The first-order chi connectivity index (χ1) is 7.18. The second kappa shape index (κ2) is 4.33. The van der Waals surface area contributed by atoms with E-state index in [1.165, 1.54) is 6.07 Å². The first-order valence-corrected chi connectivity index (χ1v) is 5.47. The summed E-state index contributed by atoms with van der Waals surface area (Å²) in [5.41, 5.74) is 1.13. The van der Waals surface area contributed by atoms with E-state index in [4.69, 9.17) is 11.6 Å². The minimum absolute atomic E-state index is 0.389. The Balaban J connectivity index is 2.63. The molecular weight excluding hydrogens is 278 g/mol. The van der Waals surface area contributed by atoms with Crippen molar-refractivity contribution in [2.24, 2.45) is 0 Å². The molecule has 0 bridgehead atoms. The third-order valence-corrected chi connectivity index (χ3v) is 2.82. The van der Waals surface area contributed by atoms with Crippen molar-refractivity contribution in [3.8, 4) is 11.1 Å². The Bertz CT molecular complexity index is 476. The third kappa shape index (κ3) is 2.21. The fourth-order valence-electron chi connectivity index (χ4n) is 1.36. The number of benzene rings is 2. The second-order valence-corrected chi connectivity index (χ2v) is 4.35. The fourth-order valence-corrected chi connectivity index (χ4v) is 2.01. The number of rotatable bonds is 1. The maximum atomic E-state index is 13.5. The van der Waals surface area contributed by atoms with Gasteiger partial charge in [-0.2, -0.15) is 0 Å². The normalized spacial score (nSPS) is 10.3. The summed E-state index contributed by atoms with van der Waals surface area (Å²) in [6.45, 7) is 0. The van der Waals surface area contributed by atoms with Gasteiger partial charge in [-0.25, -0.2) is 4.39 Å². The van der Waals surface area contributed by atoms with E-state index in [0.29, 0.717) is 10.6 Å². The number of hydrogen-bond acceptors (Lipinski definition) is 0. The van der Waals surface area contributed by atoms with Crippen molar-refractivity contribution in [1.29, 1.82) is 0 Å². The van der Waals surface area contributed by atoms with Crippen molar-refractivity contribution < 1.29 is 4.39 Å². The molecule has 0 aliphatic carbocycles. The lowest BCUT2D eigenvalue weighted by atomic mass is 10.1. The monoisotopic (exact) mass is 283 g/mol. The van der Waals surface area contributed by atoms with Crippen LogP contribution in [0.3, 0.4) is 0 Å². The van der Waals surface area contributed by atoms with Crippen LogP contribution in [0.5, 0.6) is 0 Å². The Morgan fingerprint density at radius 1 is 1.27 bits per heavy atom. The molecule has 0 fully saturated rings. The highest BCUT2D eigenvalue weighted by Gasteiger charge is 2.09. The zero-order chi connectivity index (χ0) is 10.8. The molecule has 75 valence electrons. The molecule has 3 heteroatoms. The van der Waals surface area contributed by atoms with Crippen LogP contribution < -0.4 is 0 Å². The molecule has 0 aliphatic rings. The molecule has 0 aliphatic heterocycles. The van der Waals surface area contributed by atoms with E-state index in [9.17, 15) is 4.39 Å². The lowest BCUT2D eigenvalue weighted by molar-refractivity contribution is 0.629. The molecule has 0 saturated heterocycles. The molecule has 0 saturated carbocycles. The second-order valence-electron chi connectivity index (χ2n) is 3.02. The summed E-state index contributed by atoms with van der Waals surface area (Å²) < 4.78 is 14.4. The highest BCUT2D eigenvalue weighted by molar-refractivity contribution is 9.10. The molecule has 0 spiro atoms. The van der Waals surface area contributed by atoms with Crippen molar-refractivity contribution in [2.75, 3.05) is 0 Å². The minimum Gasteiger partial charge on any atom is -0.206 e. The molecule has 15 heavy (non-hydrogen) atoms. The summed E-state index contributed by atoms with van der Waals surface area (Å²) in [4.78, 5) is 0. The van der Waals surface area contributed by atoms with Crippen LogP contribution in [0.1, 0.15) is 0 Å². The van der Waals surface area contributed by atoms with Gasteiger partial charge in [0.15, 0.2) is 0 Å². The predicted octanol–water partition coefficient (Wildman–Crippen LogP) is 4.71. The van der Waals surface area contributed by atoms with Crippen LogP contribution in [-0.4, -0.2) is 0 Å². The van der Waals surface area contributed by atoms with Crippen LogP contribution >= 0.6 is 27.5 Å². The quantitative estimate of drug-likeness (QED) is 0.711. The molecule has 2 rings (SSSR count). The van der Waals surface area contributed by atoms with Crippen LogP contribution in [0, 0.1) is 11.9 Å². The maximum absolute atomic E-state index is 13.5. The zero-order valence-electron chi connectivity index (χ0n) is 7.60. The van der Waals surface area contributed by atoms with Crippen LogP contribution in [0.4, 0.5) is 4.39 Å². The molecule has 0 unspecified atom stereocenters. The van der Waals surface area contributed by atoms with Crippen LogP contribution in [0.25, 0.3) is 11.1 Å². The van der Waals surface area contributed by atoms with E-state index in [2.05, 4.69) is 22.0 Å². The van der Waals surface area contributed by atoms with E-state index in [-0.39, 0.29) is 0 Å². The van der Waals surface area contributed by atoms with E-state index >= 15 is 0 Å². The zero-order valence-corrected chi connectivity index (χ0v) is 9.94. The molecule has 2 aromatic rings. The molecular formula is C12H6BrClF. The van der Waals surface area contributed by atoms with E-state index in [1.807, 2.05) is 24.3 Å². The summed E-state index contributed by atoms with van der Waals surface area (Å²) in [5, 5.41) is 0.393. The van der Waals surface area contributed by atoms with Gasteiger partial charge in [0.25, 0.3) is 0 Å². The fraction of sp³-hybridized carbons (Fsp3) is 0. The van der Waals surface area contributed by atoms with Gasteiger partial charge < -0.3 is 0 Å². The van der Waals surface area contributed by atoms with Gasteiger partial charge in [0.05, 0.1) is 5.02 Å². The topological polar surface area (TPSA) is 0 Å². The summed E-state index contributed by atoms with van der Waals surface area (Å²) in [6, 6.07) is 12.9. The summed E-state index contributed by atoms with van der Waals surface area (Å²) in [7, 11) is 0. The Kier molecular flexibility index (Phi) is 3.08. The lowest BCUT2D eigenvalue weighted by Crippen LogP contribution is -1.85. The van der Waals surface area contributed by atoms with Gasteiger partial charge >= 0.3 is 0 Å². The molecule has 2 aromatic carbocycles. The SMILES string of the molecule is Fc1[c]ccc(Cl)c1-c1cccc(Br)c1. The van der Waals surface area contributed by atoms with Gasteiger partial charge in [-0.05, 0) is 29.8 Å². The van der Waals surface area contributed by atoms with Gasteiger partial charge in [-0.15, -0.1) is 0 Å². The predicted molar refractivity (Wildman–Crippen MR) is 63.4 cm³/mol. The first-order valence-electron chi connectivity index (χ1n) is 4.30. The van der Waals surface area contributed by atoms with Crippen LogP contribution in [0.2, 0.25) is 5.02 Å². The van der Waals surface area contributed by atoms with Gasteiger partial charge in [0.1, 0.15) is 5.82 Å². The van der Waals surface area contributed by atoms with Gasteiger partial charge in [-0.3, -0.25) is 0 Å². The summed E-state index contributed by atoms with van der Waals surface area (Å²) in [6.07, 6.45) is 0. The van der Waals surface area contributed by atoms with Crippen molar-refractivity contribution in [3.05, 3.63) is 57.8 Å². The largest absolute Gasteiger partial charge is 0.206 e. The number of hydrogen-bond donors (Lipinski definition) is 0. The molecule has 0 aromatic heterocycles. The van der Waals surface area contributed by atoms with Gasteiger partial charge in [-0.1, -0.05) is 39.7 Å². The standard InChI is InChI=1S/C12H6BrClF/c13-9-4-1-3-8(7-9)12-10(14)5-2-6-11(12)15/h1-5,7H. The van der Waals surface area contributed by atoms with Gasteiger partial charge in [0.2, 0.25) is 0 Å². The average molecular weight is 285 g/mol. The van der Waals surface area contributed by atoms with E-state index in [0.717, 1.165) is 10.0 Å². The molecule has 0 amide bonds. The Morgan fingerprint density at radius 3 is 2.73 bits per heavy atom. The first kappa shape index (κ1) is 10.7. The highest BCUT2D eigenvalue weighted by Crippen LogP contribution is 2.31. The Labute approximate surface area is 101 Å². The molecule has 0 N–H and O–H groups in total. The average Bonchev–Trinajstić information content (AvgIpc) is 2.17. The van der Waals surface area contributed by atoms with E-state index < -0.39 is 5.82 Å². The molecule has 0 heterocycles. The summed E-state index contributed by atoms with van der Waals surface area (Å²) >= 11 is 9.27. The molecule has 0 atom stereocenters. The van der Waals surface area contributed by atoms with E-state index in [1.54, 1.807) is 6.07 Å². The van der Waals surface area contributed by atoms with Crippen molar-refractivity contribution in [2.45, 2.75) is 0 Å². The Hall–Kier alpha value is -0.860. The minimum atomic E-state index is -0.430.